The van der Waals surface area contributed by atoms with E-state index in [0.29, 0.717) is 5.02 Å². The number of hydrogen-bond donors (Lipinski definition) is 1. The summed E-state index contributed by atoms with van der Waals surface area (Å²) in [5, 5.41) is 4.05. The molecule has 4 nitrogen and oxygen atoms in total. The van der Waals surface area contributed by atoms with Gasteiger partial charge in [-0.3, -0.25) is 9.69 Å². The van der Waals surface area contributed by atoms with E-state index in [1.165, 1.54) is 5.75 Å². The molecule has 2 saturated heterocycles. The van der Waals surface area contributed by atoms with E-state index in [0.717, 1.165) is 69.8 Å². The molecule has 1 N–H and O–H groups in total. The molecule has 1 amide bonds. The van der Waals surface area contributed by atoms with Crippen LogP contribution in [-0.4, -0.2) is 60.7 Å². The molecule has 142 valence electrons. The number of rotatable bonds is 5. The number of nitrogens with zero attached hydrogens (tertiary/aromatic N) is 1. The average Bonchev–Trinajstić information content (AvgIpc) is 3.10. The third kappa shape index (κ3) is 3.39. The van der Waals surface area contributed by atoms with Crippen LogP contribution in [0.2, 0.25) is 5.02 Å². The van der Waals surface area contributed by atoms with Crippen molar-refractivity contribution >= 4 is 29.3 Å². The summed E-state index contributed by atoms with van der Waals surface area (Å²) in [5.74, 6) is 2.44. The van der Waals surface area contributed by atoms with Crippen molar-refractivity contribution in [2.24, 2.45) is 0 Å². The molecule has 1 aliphatic carbocycles. The van der Waals surface area contributed by atoms with Crippen molar-refractivity contribution in [3.8, 4) is 0 Å². The van der Waals surface area contributed by atoms with Gasteiger partial charge in [-0.05, 0) is 42.7 Å². The third-order valence-corrected chi connectivity index (χ3v) is 7.83. The zero-order valence-corrected chi connectivity index (χ0v) is 16.7. The Labute approximate surface area is 165 Å². The zero-order chi connectivity index (χ0) is 18.0. The Bertz CT molecular complexity index is 653. The van der Waals surface area contributed by atoms with Crippen LogP contribution < -0.4 is 5.32 Å². The summed E-state index contributed by atoms with van der Waals surface area (Å²) in [4.78, 5) is 15.8. The summed E-state index contributed by atoms with van der Waals surface area (Å²) < 4.78 is 5.53. The van der Waals surface area contributed by atoms with Crippen LogP contribution >= 0.6 is 23.4 Å². The summed E-state index contributed by atoms with van der Waals surface area (Å²) in [7, 11) is 0. The Kier molecular flexibility index (Phi) is 5.51. The lowest BCUT2D eigenvalue weighted by Crippen LogP contribution is -2.61. The standard InChI is InChI=1S/C20H27ClN2O2S/c21-17-4-1-3-16(13-17)20(5-2-6-20)18(24)22-14-19(7-12-26-15-19)23-8-10-25-11-9-23/h1,3-4,13H,2,5-12,14-15H2,(H,22,24). The number of benzene rings is 1. The first-order valence-corrected chi connectivity index (χ1v) is 11.1. The predicted octanol–water partition coefficient (Wildman–Crippen LogP) is 3.09. The SMILES string of the molecule is O=C(NCC1(N2CCOCC2)CCSC1)C1(c2cccc(Cl)c2)CCC1. The van der Waals surface area contributed by atoms with Crippen LogP contribution in [0.15, 0.2) is 24.3 Å². The Morgan fingerprint density at radius 1 is 1.27 bits per heavy atom. The largest absolute Gasteiger partial charge is 0.379 e. The molecule has 2 aliphatic heterocycles. The first-order chi connectivity index (χ1) is 12.6. The number of halogens is 1. The number of thioether (sulfide) groups is 1. The van der Waals surface area contributed by atoms with E-state index in [9.17, 15) is 4.79 Å². The monoisotopic (exact) mass is 394 g/mol. The molecule has 0 aromatic heterocycles. The number of morpholine rings is 1. The van der Waals surface area contributed by atoms with E-state index in [2.05, 4.69) is 10.2 Å². The van der Waals surface area contributed by atoms with Gasteiger partial charge in [-0.15, -0.1) is 0 Å². The molecule has 0 radical (unpaired) electrons. The highest BCUT2D eigenvalue weighted by Crippen LogP contribution is 2.45. The van der Waals surface area contributed by atoms with Crippen molar-refractivity contribution in [2.75, 3.05) is 44.4 Å². The summed E-state index contributed by atoms with van der Waals surface area (Å²) in [6.45, 7) is 4.27. The van der Waals surface area contributed by atoms with Gasteiger partial charge in [0.1, 0.15) is 0 Å². The van der Waals surface area contributed by atoms with E-state index in [1.807, 2.05) is 36.0 Å². The maximum atomic E-state index is 13.2. The second-order valence-electron chi connectivity index (χ2n) is 7.76. The molecule has 26 heavy (non-hydrogen) atoms. The highest BCUT2D eigenvalue weighted by atomic mass is 35.5. The zero-order valence-electron chi connectivity index (χ0n) is 15.1. The fourth-order valence-electron chi connectivity index (χ4n) is 4.51. The number of hydrogen-bond acceptors (Lipinski definition) is 4. The van der Waals surface area contributed by atoms with E-state index >= 15 is 0 Å². The van der Waals surface area contributed by atoms with E-state index < -0.39 is 0 Å². The van der Waals surface area contributed by atoms with Crippen LogP contribution in [0.4, 0.5) is 0 Å². The van der Waals surface area contributed by atoms with Gasteiger partial charge in [0.25, 0.3) is 0 Å². The van der Waals surface area contributed by atoms with E-state index in [-0.39, 0.29) is 16.9 Å². The third-order valence-electron chi connectivity index (χ3n) is 6.36. The van der Waals surface area contributed by atoms with Crippen LogP contribution in [0.5, 0.6) is 0 Å². The number of carbonyl (C=O) groups excluding carboxylic acids is 1. The molecule has 0 spiro atoms. The smallest absolute Gasteiger partial charge is 0.230 e. The van der Waals surface area contributed by atoms with Crippen LogP contribution in [0, 0.1) is 0 Å². The molecule has 6 heteroatoms. The lowest BCUT2D eigenvalue weighted by atomic mass is 9.63. The van der Waals surface area contributed by atoms with Gasteiger partial charge in [0, 0.05) is 35.9 Å². The van der Waals surface area contributed by atoms with Gasteiger partial charge in [0.05, 0.1) is 18.6 Å². The number of nitrogens with one attached hydrogen (secondary N) is 1. The lowest BCUT2D eigenvalue weighted by molar-refractivity contribution is -0.130. The minimum atomic E-state index is -0.386. The van der Waals surface area contributed by atoms with Gasteiger partial charge < -0.3 is 10.1 Å². The van der Waals surface area contributed by atoms with Crippen LogP contribution in [-0.2, 0) is 14.9 Å². The normalized spacial score (nSPS) is 28.5. The van der Waals surface area contributed by atoms with Crippen LogP contribution in [0.3, 0.4) is 0 Å². The molecule has 1 aromatic carbocycles. The fraction of sp³-hybridized carbons (Fsp3) is 0.650. The highest BCUT2D eigenvalue weighted by molar-refractivity contribution is 7.99. The summed E-state index contributed by atoms with van der Waals surface area (Å²) in [5.41, 5.74) is 0.765. The maximum absolute atomic E-state index is 13.2. The van der Waals surface area contributed by atoms with Crippen molar-refractivity contribution in [3.63, 3.8) is 0 Å². The quantitative estimate of drug-likeness (QED) is 0.833. The molecule has 1 unspecified atom stereocenters. The van der Waals surface area contributed by atoms with E-state index in [1.54, 1.807) is 0 Å². The van der Waals surface area contributed by atoms with Crippen LogP contribution in [0.25, 0.3) is 0 Å². The fourth-order valence-corrected chi connectivity index (χ4v) is 6.18. The topological polar surface area (TPSA) is 41.6 Å². The molecule has 1 atom stereocenters. The van der Waals surface area contributed by atoms with Gasteiger partial charge in [0.15, 0.2) is 0 Å². The van der Waals surface area contributed by atoms with Crippen molar-refractivity contribution in [1.29, 1.82) is 0 Å². The minimum absolute atomic E-state index is 0.0867. The average molecular weight is 395 g/mol. The Morgan fingerprint density at radius 2 is 2.08 bits per heavy atom. The van der Waals surface area contributed by atoms with Gasteiger partial charge in [-0.2, -0.15) is 11.8 Å². The van der Waals surface area contributed by atoms with Crippen molar-refractivity contribution < 1.29 is 9.53 Å². The Morgan fingerprint density at radius 3 is 2.69 bits per heavy atom. The molecule has 3 fully saturated rings. The second kappa shape index (κ2) is 7.70. The first kappa shape index (κ1) is 18.6. The lowest BCUT2D eigenvalue weighted by Gasteiger charge is -2.45. The number of amides is 1. The highest BCUT2D eigenvalue weighted by Gasteiger charge is 2.47. The number of ether oxygens (including phenoxy) is 1. The second-order valence-corrected chi connectivity index (χ2v) is 9.30. The molecular formula is C20H27ClN2O2S. The molecule has 0 bridgehead atoms. The summed E-state index contributed by atoms with van der Waals surface area (Å²) >= 11 is 8.19. The van der Waals surface area contributed by atoms with Crippen molar-refractivity contribution in [3.05, 3.63) is 34.9 Å². The Balaban J connectivity index is 1.48. The van der Waals surface area contributed by atoms with Gasteiger partial charge >= 0.3 is 0 Å². The number of carbonyl (C=O) groups is 1. The first-order valence-electron chi connectivity index (χ1n) is 9.60. The van der Waals surface area contributed by atoms with Gasteiger partial charge in [-0.1, -0.05) is 30.2 Å². The van der Waals surface area contributed by atoms with Crippen molar-refractivity contribution in [2.45, 2.75) is 36.6 Å². The molecule has 4 rings (SSSR count). The molecule has 3 aliphatic rings. The van der Waals surface area contributed by atoms with E-state index in [4.69, 9.17) is 16.3 Å². The molecular weight excluding hydrogens is 368 g/mol. The van der Waals surface area contributed by atoms with Crippen LogP contribution in [0.1, 0.15) is 31.2 Å². The minimum Gasteiger partial charge on any atom is -0.379 e. The van der Waals surface area contributed by atoms with Crippen molar-refractivity contribution in [1.82, 2.24) is 10.2 Å². The molecule has 1 aromatic rings. The van der Waals surface area contributed by atoms with Gasteiger partial charge in [-0.25, -0.2) is 0 Å². The summed E-state index contributed by atoms with van der Waals surface area (Å²) in [6.07, 6.45) is 4.07. The predicted molar refractivity (Wildman–Crippen MR) is 107 cm³/mol. The molecule has 2 heterocycles. The van der Waals surface area contributed by atoms with Gasteiger partial charge in [0.2, 0.25) is 5.91 Å². The molecule has 1 saturated carbocycles. The Hall–Kier alpha value is -0.750. The maximum Gasteiger partial charge on any atom is 0.230 e. The summed E-state index contributed by atoms with van der Waals surface area (Å²) in [6, 6.07) is 7.84.